The highest BCUT2D eigenvalue weighted by Gasteiger charge is 2.20. The van der Waals surface area contributed by atoms with Gasteiger partial charge in [-0.2, -0.15) is 0 Å². The summed E-state index contributed by atoms with van der Waals surface area (Å²) in [5, 5.41) is 0. The average Bonchev–Trinajstić information content (AvgIpc) is 1.82. The minimum absolute atomic E-state index is 0.133. The van der Waals surface area contributed by atoms with E-state index in [1.54, 1.807) is 0 Å². The van der Waals surface area contributed by atoms with Gasteiger partial charge in [0.1, 0.15) is 0 Å². The molecule has 2 heteroatoms. The van der Waals surface area contributed by atoms with Gasteiger partial charge in [-0.15, -0.1) is 0 Å². The van der Waals surface area contributed by atoms with Gasteiger partial charge < -0.3 is 9.47 Å². The van der Waals surface area contributed by atoms with Crippen molar-refractivity contribution in [1.82, 2.24) is 0 Å². The largest absolute Gasteiger partial charge is 0.346 e. The van der Waals surface area contributed by atoms with Crippen LogP contribution in [-0.2, 0) is 9.47 Å². The van der Waals surface area contributed by atoms with Crippen LogP contribution in [0.3, 0.4) is 0 Å². The smallest absolute Gasteiger partial charge is 0.177 e. The lowest BCUT2D eigenvalue weighted by molar-refractivity contribution is -0.191. The molecule has 0 fully saturated rings. The number of ether oxygens (including phenoxy) is 2. The van der Waals surface area contributed by atoms with Crippen molar-refractivity contribution in [1.29, 1.82) is 0 Å². The summed E-state index contributed by atoms with van der Waals surface area (Å²) in [5.41, 5.74) is -0.133. The van der Waals surface area contributed by atoms with Gasteiger partial charge in [-0.3, -0.25) is 0 Å². The minimum atomic E-state index is -0.159. The maximum atomic E-state index is 5.64. The zero-order valence-electron chi connectivity index (χ0n) is 8.33. The van der Waals surface area contributed by atoms with Crippen LogP contribution in [0.4, 0.5) is 0 Å². The topological polar surface area (TPSA) is 18.5 Å². The first kappa shape index (κ1) is 9.75. The van der Waals surface area contributed by atoms with Gasteiger partial charge in [0.15, 0.2) is 6.29 Å². The van der Waals surface area contributed by atoms with Crippen LogP contribution in [0.1, 0.15) is 34.1 Å². The summed E-state index contributed by atoms with van der Waals surface area (Å²) in [6.07, 6.45) is 5.20. The van der Waals surface area contributed by atoms with Gasteiger partial charge in [-0.25, -0.2) is 0 Å². The van der Waals surface area contributed by atoms with Gasteiger partial charge >= 0.3 is 0 Å². The Hall–Kier alpha value is -0.340. The van der Waals surface area contributed by atoms with E-state index >= 15 is 0 Å². The number of hydrogen-bond acceptors (Lipinski definition) is 2. The van der Waals surface area contributed by atoms with Crippen molar-refractivity contribution in [3.05, 3.63) is 12.2 Å². The molecule has 12 heavy (non-hydrogen) atoms. The Kier molecular flexibility index (Phi) is 2.91. The Morgan fingerprint density at radius 2 is 2.08 bits per heavy atom. The van der Waals surface area contributed by atoms with Crippen LogP contribution in [0.15, 0.2) is 12.2 Å². The normalized spacial score (nSPS) is 30.7. The summed E-state index contributed by atoms with van der Waals surface area (Å²) in [6.45, 7) is 8.15. The fourth-order valence-electron chi connectivity index (χ4n) is 1.13. The first-order valence-corrected chi connectivity index (χ1v) is 4.47. The first-order valence-electron chi connectivity index (χ1n) is 4.47. The van der Waals surface area contributed by atoms with E-state index in [4.69, 9.17) is 9.47 Å². The Morgan fingerprint density at radius 1 is 1.42 bits per heavy atom. The van der Waals surface area contributed by atoms with Crippen molar-refractivity contribution in [3.8, 4) is 0 Å². The maximum absolute atomic E-state index is 5.64. The van der Waals surface area contributed by atoms with E-state index in [1.165, 1.54) is 0 Å². The van der Waals surface area contributed by atoms with E-state index in [1.807, 2.05) is 26.8 Å². The molecule has 0 aromatic heterocycles. The van der Waals surface area contributed by atoms with Crippen LogP contribution in [0.2, 0.25) is 0 Å². The molecule has 1 heterocycles. The van der Waals surface area contributed by atoms with Crippen molar-refractivity contribution in [2.75, 3.05) is 0 Å². The second-order valence-corrected chi connectivity index (χ2v) is 4.21. The third kappa shape index (κ3) is 3.37. The maximum Gasteiger partial charge on any atom is 0.177 e. The van der Waals surface area contributed by atoms with Crippen molar-refractivity contribution in [2.24, 2.45) is 0 Å². The molecule has 0 saturated heterocycles. The van der Waals surface area contributed by atoms with E-state index in [0.29, 0.717) is 0 Å². The number of rotatable bonds is 1. The molecule has 2 nitrogen and oxygen atoms in total. The summed E-state index contributed by atoms with van der Waals surface area (Å²) in [7, 11) is 0. The Labute approximate surface area is 74.6 Å². The van der Waals surface area contributed by atoms with E-state index in [-0.39, 0.29) is 18.0 Å². The van der Waals surface area contributed by atoms with Gasteiger partial charge in [0.05, 0.1) is 11.7 Å². The molecule has 1 aliphatic heterocycles. The molecule has 0 N–H and O–H groups in total. The highest BCUT2D eigenvalue weighted by atomic mass is 16.7. The molecule has 0 saturated carbocycles. The Morgan fingerprint density at radius 3 is 2.58 bits per heavy atom. The molecule has 1 aliphatic rings. The first-order chi connectivity index (χ1) is 5.47. The second kappa shape index (κ2) is 3.58. The van der Waals surface area contributed by atoms with Crippen LogP contribution in [0.5, 0.6) is 0 Å². The van der Waals surface area contributed by atoms with Crippen LogP contribution in [0, 0.1) is 0 Å². The van der Waals surface area contributed by atoms with E-state index < -0.39 is 0 Å². The summed E-state index contributed by atoms with van der Waals surface area (Å²) >= 11 is 0. The zero-order valence-corrected chi connectivity index (χ0v) is 8.33. The third-order valence-corrected chi connectivity index (χ3v) is 1.60. The standard InChI is InChI=1S/C10H18O2/c1-8-6-5-7-9(11-8)12-10(2,3)4/h5,7-9H,6H2,1-4H3/t8-,9-/m0/s1. The predicted octanol–water partition coefficient (Wildman–Crippen LogP) is 2.49. The fourth-order valence-corrected chi connectivity index (χ4v) is 1.13. The highest BCUT2D eigenvalue weighted by Crippen LogP contribution is 2.18. The monoisotopic (exact) mass is 170 g/mol. The lowest BCUT2D eigenvalue weighted by atomic mass is 10.2. The van der Waals surface area contributed by atoms with Crippen molar-refractivity contribution in [2.45, 2.75) is 52.1 Å². The van der Waals surface area contributed by atoms with E-state index in [2.05, 4.69) is 13.0 Å². The summed E-state index contributed by atoms with van der Waals surface area (Å²) in [4.78, 5) is 0. The molecule has 0 spiro atoms. The zero-order chi connectivity index (χ0) is 9.19. The molecule has 70 valence electrons. The highest BCUT2D eigenvalue weighted by molar-refractivity contribution is 4.92. The lowest BCUT2D eigenvalue weighted by Crippen LogP contribution is -2.32. The predicted molar refractivity (Wildman–Crippen MR) is 48.9 cm³/mol. The molecule has 1 rings (SSSR count). The van der Waals surface area contributed by atoms with Crippen LogP contribution in [-0.4, -0.2) is 18.0 Å². The molecule has 0 aromatic carbocycles. The van der Waals surface area contributed by atoms with Crippen molar-refractivity contribution < 1.29 is 9.47 Å². The molecule has 0 radical (unpaired) electrons. The SMILES string of the molecule is C[C@H]1CC=C[C@H](OC(C)(C)C)O1. The van der Waals surface area contributed by atoms with Gasteiger partial charge in [0.25, 0.3) is 0 Å². The molecule has 0 aliphatic carbocycles. The summed E-state index contributed by atoms with van der Waals surface area (Å²) in [6, 6.07) is 0. The third-order valence-electron chi connectivity index (χ3n) is 1.60. The van der Waals surface area contributed by atoms with Crippen molar-refractivity contribution in [3.63, 3.8) is 0 Å². The van der Waals surface area contributed by atoms with Crippen LogP contribution < -0.4 is 0 Å². The summed E-state index contributed by atoms with van der Waals surface area (Å²) in [5.74, 6) is 0. The summed E-state index contributed by atoms with van der Waals surface area (Å²) < 4.78 is 11.2. The molecular weight excluding hydrogens is 152 g/mol. The molecular formula is C10H18O2. The van der Waals surface area contributed by atoms with E-state index in [9.17, 15) is 0 Å². The molecule has 0 bridgehead atoms. The Bertz CT molecular complexity index is 167. The molecule has 0 unspecified atom stereocenters. The average molecular weight is 170 g/mol. The van der Waals surface area contributed by atoms with Crippen LogP contribution in [0.25, 0.3) is 0 Å². The molecule has 0 aromatic rings. The second-order valence-electron chi connectivity index (χ2n) is 4.21. The van der Waals surface area contributed by atoms with Gasteiger partial charge in [0.2, 0.25) is 0 Å². The van der Waals surface area contributed by atoms with E-state index in [0.717, 1.165) is 6.42 Å². The lowest BCUT2D eigenvalue weighted by Gasteiger charge is -2.29. The molecule has 2 atom stereocenters. The number of hydrogen-bond donors (Lipinski definition) is 0. The minimum Gasteiger partial charge on any atom is -0.346 e. The van der Waals surface area contributed by atoms with Gasteiger partial charge in [0, 0.05) is 0 Å². The van der Waals surface area contributed by atoms with Crippen molar-refractivity contribution >= 4 is 0 Å². The Balaban J connectivity index is 2.43. The van der Waals surface area contributed by atoms with Gasteiger partial charge in [-0.05, 0) is 40.2 Å². The molecule has 0 amide bonds. The quantitative estimate of drug-likeness (QED) is 0.563. The van der Waals surface area contributed by atoms with Crippen LogP contribution >= 0.6 is 0 Å². The fraction of sp³-hybridized carbons (Fsp3) is 0.800. The van der Waals surface area contributed by atoms with Gasteiger partial charge in [-0.1, -0.05) is 6.08 Å².